The van der Waals surface area contributed by atoms with E-state index >= 15 is 0 Å². The van der Waals surface area contributed by atoms with Crippen molar-refractivity contribution < 1.29 is 0 Å². The molecule has 0 fully saturated rings. The first-order valence-electron chi connectivity index (χ1n) is 20.9. The molecular formula is C58H37N3. The minimum absolute atomic E-state index is 0.356. The molecule has 0 saturated heterocycles. The zero-order chi connectivity index (χ0) is 40.3. The number of rotatable bonds is 6. The second kappa shape index (κ2) is 14.1. The van der Waals surface area contributed by atoms with Crippen molar-refractivity contribution in [2.75, 3.05) is 0 Å². The van der Waals surface area contributed by atoms with Crippen LogP contribution in [0.2, 0.25) is 0 Å². The van der Waals surface area contributed by atoms with E-state index in [0.717, 1.165) is 33.4 Å². The molecule has 1 heterocycles. The van der Waals surface area contributed by atoms with E-state index in [9.17, 15) is 0 Å². The Labute approximate surface area is 355 Å². The minimum Gasteiger partial charge on any atom is -0.208 e. The molecule has 9 aromatic carbocycles. The fraction of sp³-hybridized carbons (Fsp3) is 0.0172. The van der Waals surface area contributed by atoms with E-state index in [1.807, 2.05) is 36.4 Å². The summed E-state index contributed by atoms with van der Waals surface area (Å²) >= 11 is 0. The Balaban J connectivity index is 0.891. The van der Waals surface area contributed by atoms with Gasteiger partial charge in [0, 0.05) is 16.7 Å². The molecule has 284 valence electrons. The molecule has 1 aromatic heterocycles. The lowest BCUT2D eigenvalue weighted by atomic mass is 9.70. The van der Waals surface area contributed by atoms with Crippen LogP contribution in [0.15, 0.2) is 224 Å². The van der Waals surface area contributed by atoms with Gasteiger partial charge in [0.2, 0.25) is 0 Å². The smallest absolute Gasteiger partial charge is 0.164 e. The van der Waals surface area contributed by atoms with Gasteiger partial charge in [-0.1, -0.05) is 224 Å². The number of aromatic nitrogens is 3. The maximum absolute atomic E-state index is 5.02. The van der Waals surface area contributed by atoms with E-state index in [0.29, 0.717) is 17.5 Å². The monoisotopic (exact) mass is 775 g/mol. The van der Waals surface area contributed by atoms with Gasteiger partial charge in [-0.15, -0.1) is 0 Å². The molecule has 2 aliphatic carbocycles. The summed E-state index contributed by atoms with van der Waals surface area (Å²) in [4.78, 5) is 15.0. The van der Waals surface area contributed by atoms with Crippen LogP contribution >= 0.6 is 0 Å². The van der Waals surface area contributed by atoms with Crippen LogP contribution in [-0.4, -0.2) is 15.0 Å². The largest absolute Gasteiger partial charge is 0.208 e. The van der Waals surface area contributed by atoms with Crippen molar-refractivity contribution in [1.29, 1.82) is 0 Å². The molecule has 0 N–H and O–H groups in total. The zero-order valence-corrected chi connectivity index (χ0v) is 33.2. The highest BCUT2D eigenvalue weighted by Gasteiger charge is 2.51. The molecular weight excluding hydrogens is 739 g/mol. The standard InChI is InChI=1S/C58H37N3/c1-3-14-38(15-4-1)39-28-34-44(35-29-39)56-59-55(43-16-5-2-6-17-43)60-57(61-56)45-36-30-41(31-37-45)40-26-32-42(33-27-40)46-21-13-25-53-54(46)49-20-9-12-24-52(49)58(53)50-22-10-7-18-47(50)48-19-8-11-23-51(48)58/h1-37H. The first kappa shape index (κ1) is 35.0. The van der Waals surface area contributed by atoms with Gasteiger partial charge in [0.15, 0.2) is 17.5 Å². The molecule has 0 radical (unpaired) electrons. The Bertz CT molecular complexity index is 3220. The lowest BCUT2D eigenvalue weighted by molar-refractivity contribution is 0.794. The lowest BCUT2D eigenvalue weighted by Gasteiger charge is -2.30. The summed E-state index contributed by atoms with van der Waals surface area (Å²) in [7, 11) is 0. The second-order valence-corrected chi connectivity index (χ2v) is 15.9. The highest BCUT2D eigenvalue weighted by Crippen LogP contribution is 2.63. The van der Waals surface area contributed by atoms with Crippen molar-refractivity contribution >= 4 is 0 Å². The first-order valence-corrected chi connectivity index (χ1v) is 20.9. The second-order valence-electron chi connectivity index (χ2n) is 15.9. The van der Waals surface area contributed by atoms with Crippen molar-refractivity contribution in [3.8, 4) is 89.8 Å². The van der Waals surface area contributed by atoms with Crippen LogP contribution in [0.4, 0.5) is 0 Å². The highest BCUT2D eigenvalue weighted by molar-refractivity contribution is 6.00. The SMILES string of the molecule is c1ccc(-c2ccc(-c3nc(-c4ccccc4)nc(-c4ccc(-c5ccc(-c6cccc7c6-c6ccccc6C76c7ccccc7-c7ccccc76)cc5)cc4)n3)cc2)cc1. The van der Waals surface area contributed by atoms with Gasteiger partial charge in [-0.05, 0) is 77.9 Å². The summed E-state index contributed by atoms with van der Waals surface area (Å²) in [6, 6.07) is 80.5. The molecule has 2 aliphatic rings. The number of hydrogen-bond acceptors (Lipinski definition) is 3. The van der Waals surface area contributed by atoms with Crippen molar-refractivity contribution in [2.24, 2.45) is 0 Å². The third kappa shape index (κ3) is 5.55. The highest BCUT2D eigenvalue weighted by atomic mass is 15.0. The molecule has 0 aliphatic heterocycles. The predicted octanol–water partition coefficient (Wildman–Crippen LogP) is 14.2. The molecule has 12 rings (SSSR count). The number of benzene rings is 9. The summed E-state index contributed by atoms with van der Waals surface area (Å²) < 4.78 is 0. The van der Waals surface area contributed by atoms with Crippen molar-refractivity contribution in [3.63, 3.8) is 0 Å². The van der Waals surface area contributed by atoms with Crippen LogP contribution < -0.4 is 0 Å². The van der Waals surface area contributed by atoms with Crippen molar-refractivity contribution in [1.82, 2.24) is 15.0 Å². The lowest BCUT2D eigenvalue weighted by Crippen LogP contribution is -2.25. The van der Waals surface area contributed by atoms with Gasteiger partial charge in [0.25, 0.3) is 0 Å². The van der Waals surface area contributed by atoms with Gasteiger partial charge < -0.3 is 0 Å². The Kier molecular flexibility index (Phi) is 8.07. The summed E-state index contributed by atoms with van der Waals surface area (Å²) in [5.74, 6) is 1.93. The van der Waals surface area contributed by atoms with Gasteiger partial charge in [-0.25, -0.2) is 15.0 Å². The average Bonchev–Trinajstić information content (AvgIpc) is 3.82. The zero-order valence-electron chi connectivity index (χ0n) is 33.2. The molecule has 0 bridgehead atoms. The predicted molar refractivity (Wildman–Crippen MR) is 249 cm³/mol. The van der Waals surface area contributed by atoms with Gasteiger partial charge in [-0.3, -0.25) is 0 Å². The molecule has 1 spiro atoms. The fourth-order valence-corrected chi connectivity index (χ4v) is 9.83. The third-order valence-corrected chi connectivity index (χ3v) is 12.6. The van der Waals surface area contributed by atoms with Gasteiger partial charge in [-0.2, -0.15) is 0 Å². The van der Waals surface area contributed by atoms with Crippen molar-refractivity contribution in [2.45, 2.75) is 5.41 Å². The first-order chi connectivity index (χ1) is 30.2. The van der Waals surface area contributed by atoms with Crippen LogP contribution in [0.3, 0.4) is 0 Å². The van der Waals surface area contributed by atoms with Gasteiger partial charge in [0.1, 0.15) is 0 Å². The Morgan fingerprint density at radius 2 is 0.525 bits per heavy atom. The van der Waals surface area contributed by atoms with E-state index in [1.54, 1.807) is 0 Å². The number of fused-ring (bicyclic) bond motifs is 10. The summed E-state index contributed by atoms with van der Waals surface area (Å²) in [5, 5.41) is 0. The molecule has 0 atom stereocenters. The summed E-state index contributed by atoms with van der Waals surface area (Å²) in [6.45, 7) is 0. The number of hydrogen-bond donors (Lipinski definition) is 0. The van der Waals surface area contributed by atoms with E-state index in [-0.39, 0.29) is 5.41 Å². The third-order valence-electron chi connectivity index (χ3n) is 12.6. The van der Waals surface area contributed by atoms with Crippen LogP contribution in [-0.2, 0) is 5.41 Å². The van der Waals surface area contributed by atoms with E-state index in [1.165, 1.54) is 61.2 Å². The summed E-state index contributed by atoms with van der Waals surface area (Å²) in [5.41, 5.74) is 20.2. The number of nitrogens with zero attached hydrogens (tertiary/aromatic N) is 3. The van der Waals surface area contributed by atoms with Gasteiger partial charge >= 0.3 is 0 Å². The quantitative estimate of drug-likeness (QED) is 0.169. The molecule has 0 saturated carbocycles. The molecule has 0 amide bonds. The molecule has 61 heavy (non-hydrogen) atoms. The van der Waals surface area contributed by atoms with E-state index < -0.39 is 0 Å². The molecule has 10 aromatic rings. The maximum Gasteiger partial charge on any atom is 0.164 e. The molecule has 3 nitrogen and oxygen atoms in total. The minimum atomic E-state index is -0.356. The van der Waals surface area contributed by atoms with E-state index in [2.05, 4.69) is 188 Å². The van der Waals surface area contributed by atoms with Crippen LogP contribution in [0, 0.1) is 0 Å². The fourth-order valence-electron chi connectivity index (χ4n) is 9.83. The Morgan fingerprint density at radius 1 is 0.213 bits per heavy atom. The van der Waals surface area contributed by atoms with E-state index in [4.69, 9.17) is 15.0 Å². The normalized spacial score (nSPS) is 12.7. The maximum atomic E-state index is 5.02. The van der Waals surface area contributed by atoms with Crippen LogP contribution in [0.25, 0.3) is 89.8 Å². The van der Waals surface area contributed by atoms with Crippen LogP contribution in [0.1, 0.15) is 22.3 Å². The van der Waals surface area contributed by atoms with Gasteiger partial charge in [0.05, 0.1) is 5.41 Å². The Hall–Kier alpha value is -8.01. The molecule has 0 unspecified atom stereocenters. The molecule has 3 heteroatoms. The topological polar surface area (TPSA) is 38.7 Å². The van der Waals surface area contributed by atoms with Crippen LogP contribution in [0.5, 0.6) is 0 Å². The Morgan fingerprint density at radius 3 is 1.02 bits per heavy atom. The summed E-state index contributed by atoms with van der Waals surface area (Å²) in [6.07, 6.45) is 0. The average molecular weight is 776 g/mol. The van der Waals surface area contributed by atoms with Crippen molar-refractivity contribution in [3.05, 3.63) is 247 Å².